The predicted octanol–water partition coefficient (Wildman–Crippen LogP) is 1.92. The van der Waals surface area contributed by atoms with Crippen LogP contribution in [0.25, 0.3) is 10.9 Å². The van der Waals surface area contributed by atoms with Gasteiger partial charge in [0.1, 0.15) is 5.82 Å². The molecule has 2 unspecified atom stereocenters. The molecule has 0 aliphatic carbocycles. The van der Waals surface area contributed by atoms with Gasteiger partial charge in [0.25, 0.3) is 0 Å². The number of rotatable bonds is 3. The molecule has 1 aromatic carbocycles. The molecule has 2 atom stereocenters. The molecule has 6 heteroatoms. The first-order chi connectivity index (χ1) is 10.2. The lowest BCUT2D eigenvalue weighted by atomic mass is 10.1. The Morgan fingerprint density at radius 1 is 1.38 bits per heavy atom. The molecule has 0 saturated carbocycles. The quantitative estimate of drug-likeness (QED) is 0.663. The Labute approximate surface area is 124 Å². The molecule has 3 N–H and O–H groups in total. The zero-order chi connectivity index (χ0) is 14.8. The van der Waals surface area contributed by atoms with Gasteiger partial charge in [-0.1, -0.05) is 19.1 Å². The summed E-state index contributed by atoms with van der Waals surface area (Å²) in [7, 11) is 0. The molecule has 0 radical (unpaired) electrons. The average Bonchev–Trinajstić information content (AvgIpc) is 2.53. The van der Waals surface area contributed by atoms with Gasteiger partial charge in [0.15, 0.2) is 0 Å². The molecule has 1 aliphatic rings. The Balaban J connectivity index is 2.12. The molecule has 2 heterocycles. The largest absolute Gasteiger partial charge is 0.375 e. The summed E-state index contributed by atoms with van der Waals surface area (Å²) in [5.41, 5.74) is 3.46. The third kappa shape index (κ3) is 2.64. The maximum atomic E-state index is 5.78. The summed E-state index contributed by atoms with van der Waals surface area (Å²) in [6, 6.07) is 8.34. The van der Waals surface area contributed by atoms with E-state index in [-0.39, 0.29) is 6.10 Å². The number of anilines is 2. The Hall–Kier alpha value is -1.92. The molecule has 112 valence electrons. The van der Waals surface area contributed by atoms with Crippen molar-refractivity contribution < 1.29 is 4.74 Å². The lowest BCUT2D eigenvalue weighted by Gasteiger charge is -2.39. The Morgan fingerprint density at radius 2 is 2.19 bits per heavy atom. The summed E-state index contributed by atoms with van der Waals surface area (Å²) in [5.74, 6) is 6.88. The van der Waals surface area contributed by atoms with Gasteiger partial charge in [-0.15, -0.1) is 0 Å². The monoisotopic (exact) mass is 287 g/mol. The van der Waals surface area contributed by atoms with Crippen molar-refractivity contribution in [3.05, 3.63) is 24.3 Å². The van der Waals surface area contributed by atoms with Crippen molar-refractivity contribution >= 4 is 22.7 Å². The van der Waals surface area contributed by atoms with Gasteiger partial charge in [-0.05, 0) is 25.5 Å². The highest BCUT2D eigenvalue weighted by molar-refractivity contribution is 5.90. The van der Waals surface area contributed by atoms with E-state index in [0.29, 0.717) is 12.0 Å². The van der Waals surface area contributed by atoms with Crippen molar-refractivity contribution in [2.75, 3.05) is 23.5 Å². The molecule has 6 nitrogen and oxygen atoms in total. The number of morpholine rings is 1. The van der Waals surface area contributed by atoms with E-state index in [1.165, 1.54) is 0 Å². The van der Waals surface area contributed by atoms with E-state index >= 15 is 0 Å². The number of fused-ring (bicyclic) bond motifs is 1. The van der Waals surface area contributed by atoms with Crippen LogP contribution in [0.3, 0.4) is 0 Å². The number of hydrogen-bond acceptors (Lipinski definition) is 6. The minimum atomic E-state index is 0.191. The van der Waals surface area contributed by atoms with Crippen molar-refractivity contribution in [1.29, 1.82) is 0 Å². The van der Waals surface area contributed by atoms with Crippen LogP contribution in [0.4, 0.5) is 11.8 Å². The van der Waals surface area contributed by atoms with Crippen molar-refractivity contribution in [3.8, 4) is 0 Å². The first kappa shape index (κ1) is 14.0. The van der Waals surface area contributed by atoms with Gasteiger partial charge in [0.2, 0.25) is 5.95 Å². The molecule has 2 aromatic rings. The van der Waals surface area contributed by atoms with Gasteiger partial charge in [-0.3, -0.25) is 5.43 Å². The van der Waals surface area contributed by atoms with Crippen LogP contribution in [0, 0.1) is 0 Å². The molecule has 1 fully saturated rings. The third-order valence-electron chi connectivity index (χ3n) is 3.92. The normalized spacial score (nSPS) is 22.5. The summed E-state index contributed by atoms with van der Waals surface area (Å²) in [6.45, 7) is 5.80. The fourth-order valence-corrected chi connectivity index (χ4v) is 2.79. The summed E-state index contributed by atoms with van der Waals surface area (Å²) < 4.78 is 5.78. The van der Waals surface area contributed by atoms with Crippen LogP contribution < -0.4 is 16.2 Å². The fourth-order valence-electron chi connectivity index (χ4n) is 2.79. The van der Waals surface area contributed by atoms with Gasteiger partial charge in [0, 0.05) is 11.9 Å². The highest BCUT2D eigenvalue weighted by atomic mass is 16.5. The van der Waals surface area contributed by atoms with E-state index in [1.54, 1.807) is 0 Å². The second kappa shape index (κ2) is 5.83. The number of nitrogens with zero attached hydrogens (tertiary/aromatic N) is 3. The molecule has 3 rings (SSSR count). The summed E-state index contributed by atoms with van der Waals surface area (Å²) in [6.07, 6.45) is 1.20. The number of hydrazine groups is 1. The number of aromatic nitrogens is 2. The minimum absolute atomic E-state index is 0.191. The van der Waals surface area contributed by atoms with Gasteiger partial charge >= 0.3 is 0 Å². The molecule has 1 aromatic heterocycles. The Bertz CT molecular complexity index is 632. The van der Waals surface area contributed by atoms with Crippen molar-refractivity contribution in [2.45, 2.75) is 32.4 Å². The molecular formula is C15H21N5O. The van der Waals surface area contributed by atoms with Gasteiger partial charge in [-0.2, -0.15) is 4.98 Å². The number of nitrogen functional groups attached to an aromatic ring is 1. The molecule has 21 heavy (non-hydrogen) atoms. The first-order valence-corrected chi connectivity index (χ1v) is 7.34. The molecule has 1 aliphatic heterocycles. The Kier molecular flexibility index (Phi) is 3.90. The summed E-state index contributed by atoms with van der Waals surface area (Å²) >= 11 is 0. The van der Waals surface area contributed by atoms with Crippen LogP contribution in [-0.2, 0) is 4.74 Å². The SMILES string of the molecule is CCC1COC(C)CN1c1nc(NN)nc2ccccc12. The van der Waals surface area contributed by atoms with Crippen LogP contribution in [0.2, 0.25) is 0 Å². The zero-order valence-corrected chi connectivity index (χ0v) is 12.4. The molecule has 0 amide bonds. The summed E-state index contributed by atoms with van der Waals surface area (Å²) in [4.78, 5) is 11.3. The number of benzene rings is 1. The maximum Gasteiger partial charge on any atom is 0.239 e. The van der Waals surface area contributed by atoms with Crippen LogP contribution >= 0.6 is 0 Å². The number of para-hydroxylation sites is 1. The van der Waals surface area contributed by atoms with Crippen LogP contribution in [0.1, 0.15) is 20.3 Å². The zero-order valence-electron chi connectivity index (χ0n) is 12.4. The van der Waals surface area contributed by atoms with Gasteiger partial charge in [0.05, 0.1) is 24.3 Å². The van der Waals surface area contributed by atoms with E-state index in [4.69, 9.17) is 10.6 Å². The van der Waals surface area contributed by atoms with E-state index in [9.17, 15) is 0 Å². The number of hydrogen-bond donors (Lipinski definition) is 2. The fraction of sp³-hybridized carbons (Fsp3) is 0.467. The minimum Gasteiger partial charge on any atom is -0.375 e. The van der Waals surface area contributed by atoms with E-state index in [0.717, 1.165) is 36.3 Å². The van der Waals surface area contributed by atoms with Crippen LogP contribution in [0.15, 0.2) is 24.3 Å². The second-order valence-corrected chi connectivity index (χ2v) is 5.39. The third-order valence-corrected chi connectivity index (χ3v) is 3.92. The molecule has 0 spiro atoms. The lowest BCUT2D eigenvalue weighted by molar-refractivity contribution is 0.0297. The molecule has 1 saturated heterocycles. The predicted molar refractivity (Wildman–Crippen MR) is 84.2 cm³/mol. The van der Waals surface area contributed by atoms with Gasteiger partial charge < -0.3 is 9.64 Å². The van der Waals surface area contributed by atoms with Crippen molar-refractivity contribution in [2.24, 2.45) is 5.84 Å². The first-order valence-electron chi connectivity index (χ1n) is 7.34. The van der Waals surface area contributed by atoms with E-state index in [1.807, 2.05) is 18.2 Å². The smallest absolute Gasteiger partial charge is 0.239 e. The van der Waals surface area contributed by atoms with Crippen LogP contribution in [0.5, 0.6) is 0 Å². The van der Waals surface area contributed by atoms with Crippen molar-refractivity contribution in [1.82, 2.24) is 9.97 Å². The number of nitrogens with one attached hydrogen (secondary N) is 1. The lowest BCUT2D eigenvalue weighted by Crippen LogP contribution is -2.49. The second-order valence-electron chi connectivity index (χ2n) is 5.39. The maximum absolute atomic E-state index is 5.78. The number of ether oxygens (including phenoxy) is 1. The topological polar surface area (TPSA) is 76.3 Å². The van der Waals surface area contributed by atoms with Gasteiger partial charge in [-0.25, -0.2) is 10.8 Å². The molecule has 0 bridgehead atoms. The standard InChI is InChI=1S/C15H21N5O/c1-3-11-9-21-10(2)8-20(11)14-12-6-4-5-7-13(12)17-15(18-14)19-16/h4-7,10-11H,3,8-9,16H2,1-2H3,(H,17,18,19). The average molecular weight is 287 g/mol. The number of nitrogens with two attached hydrogens (primary N) is 1. The highest BCUT2D eigenvalue weighted by Gasteiger charge is 2.28. The van der Waals surface area contributed by atoms with E-state index < -0.39 is 0 Å². The van der Waals surface area contributed by atoms with Crippen LogP contribution in [-0.4, -0.2) is 35.3 Å². The highest BCUT2D eigenvalue weighted by Crippen LogP contribution is 2.29. The molecular weight excluding hydrogens is 266 g/mol. The Morgan fingerprint density at radius 3 is 2.95 bits per heavy atom. The van der Waals surface area contributed by atoms with Crippen molar-refractivity contribution in [3.63, 3.8) is 0 Å². The summed E-state index contributed by atoms with van der Waals surface area (Å²) in [5, 5.41) is 1.05. The van der Waals surface area contributed by atoms with E-state index in [2.05, 4.69) is 40.2 Å².